The highest BCUT2D eigenvalue weighted by Gasteiger charge is 2.28. The lowest BCUT2D eigenvalue weighted by Gasteiger charge is -2.18. The van der Waals surface area contributed by atoms with Crippen molar-refractivity contribution in [1.82, 2.24) is 5.32 Å². The molecule has 3 nitrogen and oxygen atoms in total. The van der Waals surface area contributed by atoms with E-state index in [0.717, 1.165) is 5.56 Å². The second-order valence-electron chi connectivity index (χ2n) is 4.54. The molecule has 1 aromatic rings. The Hall–Kier alpha value is -0.940. The van der Waals surface area contributed by atoms with Gasteiger partial charge in [-0.15, -0.1) is 0 Å². The lowest BCUT2D eigenvalue weighted by molar-refractivity contribution is 0.484. The molecular weight excluding hydrogens is 241 g/mol. The Balaban J connectivity index is 1.98. The van der Waals surface area contributed by atoms with Crippen molar-refractivity contribution < 1.29 is 12.8 Å². The number of nitrogens with one attached hydrogen (secondary N) is 1. The molecule has 5 heteroatoms. The van der Waals surface area contributed by atoms with Gasteiger partial charge in [0, 0.05) is 12.1 Å². The van der Waals surface area contributed by atoms with Gasteiger partial charge in [0.1, 0.15) is 5.82 Å². The van der Waals surface area contributed by atoms with Crippen molar-refractivity contribution in [2.24, 2.45) is 0 Å². The van der Waals surface area contributed by atoms with Crippen molar-refractivity contribution in [3.8, 4) is 0 Å². The average molecular weight is 257 g/mol. The van der Waals surface area contributed by atoms with Crippen LogP contribution in [0.15, 0.2) is 24.3 Å². The summed E-state index contributed by atoms with van der Waals surface area (Å²) in [5.41, 5.74) is 0.968. The van der Waals surface area contributed by atoms with Crippen LogP contribution in [0, 0.1) is 5.82 Å². The standard InChI is InChI=1S/C12H16FNO2S/c1-9(10-2-4-11(13)5-3-10)14-12-6-7-17(15,16)8-12/h2-5,9,12,14H,6-8H2,1H3/t9-,12?/m0/s1. The molecule has 0 aliphatic carbocycles. The molecule has 2 rings (SSSR count). The Kier molecular flexibility index (Phi) is 3.49. The third-order valence-electron chi connectivity index (χ3n) is 3.09. The maximum atomic E-state index is 12.8. The maximum absolute atomic E-state index is 12.8. The third kappa shape index (κ3) is 3.26. The van der Waals surface area contributed by atoms with E-state index in [1.165, 1.54) is 12.1 Å². The van der Waals surface area contributed by atoms with E-state index in [9.17, 15) is 12.8 Å². The molecular formula is C12H16FNO2S. The Labute approximate surface area is 101 Å². The fourth-order valence-corrected chi connectivity index (χ4v) is 3.81. The van der Waals surface area contributed by atoms with Gasteiger partial charge in [-0.25, -0.2) is 12.8 Å². The second kappa shape index (κ2) is 4.74. The summed E-state index contributed by atoms with van der Waals surface area (Å²) < 4.78 is 35.4. The number of sulfone groups is 1. The fourth-order valence-electron chi connectivity index (χ4n) is 2.13. The summed E-state index contributed by atoms with van der Waals surface area (Å²) in [6.45, 7) is 1.96. The summed E-state index contributed by atoms with van der Waals surface area (Å²) in [4.78, 5) is 0. The first-order valence-electron chi connectivity index (χ1n) is 5.68. The monoisotopic (exact) mass is 257 g/mol. The SMILES string of the molecule is C[C@H](NC1CCS(=O)(=O)C1)c1ccc(F)cc1. The zero-order valence-corrected chi connectivity index (χ0v) is 10.5. The predicted molar refractivity (Wildman–Crippen MR) is 65.0 cm³/mol. The number of rotatable bonds is 3. The largest absolute Gasteiger partial charge is 0.306 e. The first-order chi connectivity index (χ1) is 7.96. The van der Waals surface area contributed by atoms with Gasteiger partial charge < -0.3 is 5.32 Å². The number of benzene rings is 1. The van der Waals surface area contributed by atoms with Crippen LogP contribution in [0.2, 0.25) is 0 Å². The minimum absolute atomic E-state index is 0.0139. The Morgan fingerprint density at radius 1 is 1.35 bits per heavy atom. The van der Waals surface area contributed by atoms with E-state index in [0.29, 0.717) is 6.42 Å². The van der Waals surface area contributed by atoms with E-state index in [-0.39, 0.29) is 29.4 Å². The molecule has 1 aliphatic rings. The molecule has 1 heterocycles. The molecule has 0 spiro atoms. The van der Waals surface area contributed by atoms with Crippen LogP contribution < -0.4 is 5.32 Å². The van der Waals surface area contributed by atoms with Gasteiger partial charge >= 0.3 is 0 Å². The van der Waals surface area contributed by atoms with Gasteiger partial charge in [-0.2, -0.15) is 0 Å². The fraction of sp³-hybridized carbons (Fsp3) is 0.500. The Bertz CT molecular complexity index is 484. The van der Waals surface area contributed by atoms with Crippen molar-refractivity contribution in [3.05, 3.63) is 35.6 Å². The van der Waals surface area contributed by atoms with Crippen molar-refractivity contribution in [1.29, 1.82) is 0 Å². The van der Waals surface area contributed by atoms with Crippen LogP contribution in [0.1, 0.15) is 24.9 Å². The molecule has 1 N–H and O–H groups in total. The molecule has 1 aromatic carbocycles. The molecule has 0 bridgehead atoms. The maximum Gasteiger partial charge on any atom is 0.151 e. The first kappa shape index (κ1) is 12.5. The van der Waals surface area contributed by atoms with Gasteiger partial charge in [0.05, 0.1) is 11.5 Å². The van der Waals surface area contributed by atoms with E-state index in [1.807, 2.05) is 6.92 Å². The zero-order valence-electron chi connectivity index (χ0n) is 9.69. The van der Waals surface area contributed by atoms with Crippen molar-refractivity contribution >= 4 is 9.84 Å². The van der Waals surface area contributed by atoms with E-state index in [1.54, 1.807) is 12.1 Å². The molecule has 94 valence electrons. The topological polar surface area (TPSA) is 46.2 Å². The summed E-state index contributed by atoms with van der Waals surface area (Å²) in [6.07, 6.45) is 0.661. The highest BCUT2D eigenvalue weighted by Crippen LogP contribution is 2.18. The van der Waals surface area contributed by atoms with Crippen LogP contribution in [-0.2, 0) is 9.84 Å². The molecule has 1 fully saturated rings. The van der Waals surface area contributed by atoms with E-state index in [2.05, 4.69) is 5.32 Å². The number of hydrogen-bond donors (Lipinski definition) is 1. The quantitative estimate of drug-likeness (QED) is 0.896. The molecule has 1 unspecified atom stereocenters. The normalized spacial score (nSPS) is 24.7. The Morgan fingerprint density at radius 2 is 2.00 bits per heavy atom. The summed E-state index contributed by atoms with van der Waals surface area (Å²) in [5, 5.41) is 3.27. The summed E-state index contributed by atoms with van der Waals surface area (Å²) in [6, 6.07) is 6.32. The minimum Gasteiger partial charge on any atom is -0.306 e. The van der Waals surface area contributed by atoms with Crippen molar-refractivity contribution in [3.63, 3.8) is 0 Å². The molecule has 17 heavy (non-hydrogen) atoms. The smallest absolute Gasteiger partial charge is 0.151 e. The van der Waals surface area contributed by atoms with Crippen LogP contribution in [0.4, 0.5) is 4.39 Å². The van der Waals surface area contributed by atoms with Crippen LogP contribution in [0.3, 0.4) is 0 Å². The van der Waals surface area contributed by atoms with E-state index in [4.69, 9.17) is 0 Å². The first-order valence-corrected chi connectivity index (χ1v) is 7.50. The Morgan fingerprint density at radius 3 is 2.53 bits per heavy atom. The van der Waals surface area contributed by atoms with Gasteiger partial charge in [0.15, 0.2) is 9.84 Å². The van der Waals surface area contributed by atoms with Crippen LogP contribution >= 0.6 is 0 Å². The number of hydrogen-bond acceptors (Lipinski definition) is 3. The van der Waals surface area contributed by atoms with Gasteiger partial charge in [-0.3, -0.25) is 0 Å². The molecule has 2 atom stereocenters. The van der Waals surface area contributed by atoms with Crippen LogP contribution in [0.5, 0.6) is 0 Å². The highest BCUT2D eigenvalue weighted by atomic mass is 32.2. The number of halogens is 1. The van der Waals surface area contributed by atoms with Crippen molar-refractivity contribution in [2.75, 3.05) is 11.5 Å². The molecule has 0 saturated carbocycles. The lowest BCUT2D eigenvalue weighted by Crippen LogP contribution is -2.32. The molecule has 0 aromatic heterocycles. The third-order valence-corrected chi connectivity index (χ3v) is 4.86. The second-order valence-corrected chi connectivity index (χ2v) is 6.77. The van der Waals surface area contributed by atoms with Gasteiger partial charge in [0.25, 0.3) is 0 Å². The predicted octanol–water partition coefficient (Wildman–Crippen LogP) is 1.66. The summed E-state index contributed by atoms with van der Waals surface area (Å²) in [7, 11) is -2.85. The van der Waals surface area contributed by atoms with Crippen LogP contribution in [0.25, 0.3) is 0 Å². The van der Waals surface area contributed by atoms with Crippen LogP contribution in [-0.4, -0.2) is 26.0 Å². The molecule has 1 aliphatic heterocycles. The molecule has 1 saturated heterocycles. The van der Waals surface area contributed by atoms with Gasteiger partial charge in [-0.1, -0.05) is 12.1 Å². The van der Waals surface area contributed by atoms with E-state index >= 15 is 0 Å². The summed E-state index contributed by atoms with van der Waals surface area (Å²) >= 11 is 0. The molecule has 0 radical (unpaired) electrons. The van der Waals surface area contributed by atoms with Gasteiger partial charge in [-0.05, 0) is 31.0 Å². The summed E-state index contributed by atoms with van der Waals surface area (Å²) in [5.74, 6) is 0.212. The highest BCUT2D eigenvalue weighted by molar-refractivity contribution is 7.91. The average Bonchev–Trinajstić information content (AvgIpc) is 2.59. The molecule has 0 amide bonds. The minimum atomic E-state index is -2.85. The zero-order chi connectivity index (χ0) is 12.5. The van der Waals surface area contributed by atoms with Gasteiger partial charge in [0.2, 0.25) is 0 Å². The van der Waals surface area contributed by atoms with Crippen molar-refractivity contribution in [2.45, 2.75) is 25.4 Å². The van der Waals surface area contributed by atoms with E-state index < -0.39 is 9.84 Å². The lowest BCUT2D eigenvalue weighted by atomic mass is 10.1.